The van der Waals surface area contributed by atoms with E-state index in [9.17, 15) is 0 Å². The summed E-state index contributed by atoms with van der Waals surface area (Å²) in [5, 5.41) is 0. The Balaban J connectivity index is 2.30. The molecule has 0 aromatic heterocycles. The van der Waals surface area contributed by atoms with Crippen molar-refractivity contribution in [2.24, 2.45) is 5.90 Å². The van der Waals surface area contributed by atoms with Crippen LogP contribution in [0.2, 0.25) is 0 Å². The largest absolute Gasteiger partial charge is 0.408 e. The molecule has 0 aliphatic carbocycles. The number of hydrogen-bond donors (Lipinski definition) is 1. The normalized spacial score (nSPS) is 5.25. The van der Waals surface area contributed by atoms with E-state index < -0.39 is 0 Å². The summed E-state index contributed by atoms with van der Waals surface area (Å²) in [6, 6.07) is 0. The second kappa shape index (κ2) is 2.85. The van der Waals surface area contributed by atoms with Crippen LogP contribution in [0.15, 0.2) is 0 Å². The van der Waals surface area contributed by atoms with E-state index in [0.29, 0.717) is 0 Å². The lowest BCUT2D eigenvalue weighted by molar-refractivity contribution is 0.346. The van der Waals surface area contributed by atoms with Gasteiger partial charge in [0.1, 0.15) is 0 Å². The Bertz CT molecular complexity index is 22.0. The van der Waals surface area contributed by atoms with Crippen molar-refractivity contribution in [1.29, 1.82) is 0 Å². The van der Waals surface area contributed by atoms with E-state index in [1.54, 1.807) is 0 Å². The molecule has 0 radical (unpaired) electrons. The number of thiocarbonyl (C=S) groups is 1. The fourth-order valence-electron chi connectivity index (χ4n) is 0. The van der Waals surface area contributed by atoms with Gasteiger partial charge >= 0.3 is 0 Å². The zero-order chi connectivity index (χ0) is 3.41. The first-order chi connectivity index (χ1) is 1.91. The maximum absolute atomic E-state index is 4.37. The standard InChI is InChI=1S/CH3NOS/c2-3-1-4/h1H,2H2. The van der Waals surface area contributed by atoms with Crippen LogP contribution in [0.1, 0.15) is 0 Å². The van der Waals surface area contributed by atoms with Gasteiger partial charge in [0.05, 0.1) is 0 Å². The average molecular weight is 77.1 g/mol. The summed E-state index contributed by atoms with van der Waals surface area (Å²) in [6.45, 7) is 0. The highest BCUT2D eigenvalue weighted by Crippen LogP contribution is 1.38. The molecule has 0 saturated carbocycles. The second-order valence-electron chi connectivity index (χ2n) is 0.232. The van der Waals surface area contributed by atoms with Gasteiger partial charge in [0, 0.05) is 0 Å². The summed E-state index contributed by atoms with van der Waals surface area (Å²) in [4.78, 5) is 3.73. The van der Waals surface area contributed by atoms with Gasteiger partial charge in [-0.2, -0.15) is 5.90 Å². The fraction of sp³-hybridized carbons (Fsp3) is 0. The Morgan fingerprint density at radius 3 is 2.25 bits per heavy atom. The first-order valence-corrected chi connectivity index (χ1v) is 1.18. The summed E-state index contributed by atoms with van der Waals surface area (Å²) < 4.78 is 0. The van der Waals surface area contributed by atoms with Gasteiger partial charge in [-0.15, -0.1) is 0 Å². The van der Waals surface area contributed by atoms with Crippen LogP contribution >= 0.6 is 12.2 Å². The van der Waals surface area contributed by atoms with Gasteiger partial charge in [-0.3, -0.25) is 0 Å². The zero-order valence-corrected chi connectivity index (χ0v) is 2.79. The van der Waals surface area contributed by atoms with Crippen molar-refractivity contribution in [1.82, 2.24) is 0 Å². The highest BCUT2D eigenvalue weighted by Gasteiger charge is 1.39. The third-order valence-corrected chi connectivity index (χ3v) is 0.167. The van der Waals surface area contributed by atoms with Gasteiger partial charge in [0.25, 0.3) is 0 Å². The molecular weight excluding hydrogens is 74.1 g/mol. The number of hydrogen-bond acceptors (Lipinski definition) is 3. The van der Waals surface area contributed by atoms with Crippen LogP contribution in [0.25, 0.3) is 0 Å². The predicted molar refractivity (Wildman–Crippen MR) is 18.9 cm³/mol. The van der Waals surface area contributed by atoms with E-state index in [-0.39, 0.29) is 0 Å². The maximum Gasteiger partial charge on any atom is 0.173 e. The second-order valence-corrected chi connectivity index (χ2v) is 0.425. The molecule has 2 nitrogen and oxygen atoms in total. The minimum absolute atomic E-state index is 0.986. The zero-order valence-electron chi connectivity index (χ0n) is 1.97. The minimum Gasteiger partial charge on any atom is -0.408 e. The van der Waals surface area contributed by atoms with Gasteiger partial charge in [-0.1, -0.05) is 0 Å². The fourth-order valence-corrected chi connectivity index (χ4v) is 0. The predicted octanol–water partition coefficient (Wildman–Crippen LogP) is -0.166. The molecular formula is CH3NOS. The molecule has 0 aliphatic rings. The Kier molecular flexibility index (Phi) is 2.74. The van der Waals surface area contributed by atoms with Crippen LogP contribution in [-0.4, -0.2) is 5.55 Å². The lowest BCUT2D eigenvalue weighted by atomic mass is 11.7. The molecule has 0 aromatic carbocycles. The molecule has 24 valence electrons. The van der Waals surface area contributed by atoms with Crippen molar-refractivity contribution in [3.8, 4) is 0 Å². The van der Waals surface area contributed by atoms with Crippen molar-refractivity contribution in [2.75, 3.05) is 0 Å². The van der Waals surface area contributed by atoms with Crippen LogP contribution < -0.4 is 5.90 Å². The van der Waals surface area contributed by atoms with Gasteiger partial charge in [0.2, 0.25) is 0 Å². The van der Waals surface area contributed by atoms with Crippen molar-refractivity contribution >= 4 is 17.8 Å². The molecule has 0 rings (SSSR count). The molecule has 0 aromatic rings. The van der Waals surface area contributed by atoms with E-state index in [1.807, 2.05) is 0 Å². The number of nitrogens with two attached hydrogens (primary N) is 1. The van der Waals surface area contributed by atoms with E-state index in [0.717, 1.165) is 5.55 Å². The van der Waals surface area contributed by atoms with Gasteiger partial charge in [0.15, 0.2) is 5.55 Å². The van der Waals surface area contributed by atoms with Gasteiger partial charge in [-0.25, -0.2) is 0 Å². The lowest BCUT2D eigenvalue weighted by Gasteiger charge is -1.70. The SMILES string of the molecule is NOC=S. The average Bonchev–Trinajstić information content (AvgIpc) is 1.37. The summed E-state index contributed by atoms with van der Waals surface area (Å²) >= 11 is 4.08. The van der Waals surface area contributed by atoms with Crippen LogP contribution in [0.5, 0.6) is 0 Å². The molecule has 0 fully saturated rings. The van der Waals surface area contributed by atoms with Gasteiger partial charge in [-0.05, 0) is 12.2 Å². The summed E-state index contributed by atoms with van der Waals surface area (Å²) in [6.07, 6.45) is 0. The molecule has 2 N–H and O–H groups in total. The first-order valence-electron chi connectivity index (χ1n) is 0.707. The Morgan fingerprint density at radius 2 is 2.25 bits per heavy atom. The van der Waals surface area contributed by atoms with E-state index in [4.69, 9.17) is 0 Å². The van der Waals surface area contributed by atoms with Crippen molar-refractivity contribution in [2.45, 2.75) is 0 Å². The molecule has 3 heteroatoms. The quantitative estimate of drug-likeness (QED) is 0.348. The highest BCUT2D eigenvalue weighted by molar-refractivity contribution is 7.78. The van der Waals surface area contributed by atoms with Crippen molar-refractivity contribution in [3.05, 3.63) is 0 Å². The molecule has 0 amide bonds. The van der Waals surface area contributed by atoms with Crippen molar-refractivity contribution < 1.29 is 4.84 Å². The number of rotatable bonds is 1. The topological polar surface area (TPSA) is 35.2 Å². The third-order valence-electron chi connectivity index (χ3n) is 0.0556. The van der Waals surface area contributed by atoms with Crippen LogP contribution in [0.3, 0.4) is 0 Å². The molecule has 0 heterocycles. The molecule has 0 spiro atoms. The lowest BCUT2D eigenvalue weighted by Crippen LogP contribution is -1.90. The van der Waals surface area contributed by atoms with Crippen LogP contribution in [-0.2, 0) is 4.84 Å². The molecule has 4 heavy (non-hydrogen) atoms. The molecule has 0 saturated heterocycles. The third kappa shape index (κ3) is 1.85. The smallest absolute Gasteiger partial charge is 0.173 e. The molecule has 0 atom stereocenters. The van der Waals surface area contributed by atoms with E-state index in [2.05, 4.69) is 23.0 Å². The molecule has 0 aliphatic heterocycles. The summed E-state index contributed by atoms with van der Waals surface area (Å²) in [5.41, 5.74) is 0.986. The van der Waals surface area contributed by atoms with E-state index in [1.165, 1.54) is 0 Å². The van der Waals surface area contributed by atoms with Crippen LogP contribution in [0, 0.1) is 0 Å². The maximum atomic E-state index is 4.37. The Morgan fingerprint density at radius 1 is 2.00 bits per heavy atom. The minimum atomic E-state index is 0.986. The Labute approximate surface area is 29.5 Å². The highest BCUT2D eigenvalue weighted by atomic mass is 32.1. The monoisotopic (exact) mass is 77.0 g/mol. The van der Waals surface area contributed by atoms with E-state index >= 15 is 0 Å². The van der Waals surface area contributed by atoms with Gasteiger partial charge < -0.3 is 4.84 Å². The van der Waals surface area contributed by atoms with Crippen molar-refractivity contribution in [3.63, 3.8) is 0 Å². The Hall–Kier alpha value is -0.150. The summed E-state index contributed by atoms with van der Waals surface area (Å²) in [5.74, 6) is 4.37. The molecule has 0 unspecified atom stereocenters. The molecule has 0 bridgehead atoms. The first kappa shape index (κ1) is 3.85. The van der Waals surface area contributed by atoms with Crippen LogP contribution in [0.4, 0.5) is 0 Å². The summed E-state index contributed by atoms with van der Waals surface area (Å²) in [7, 11) is 0.